The van der Waals surface area contributed by atoms with Gasteiger partial charge in [-0.1, -0.05) is 6.42 Å². The Balaban J connectivity index is 1.55. The highest BCUT2D eigenvalue weighted by atomic mass is 16.2. The van der Waals surface area contributed by atoms with Gasteiger partial charge in [-0.05, 0) is 57.1 Å². The van der Waals surface area contributed by atoms with Crippen LogP contribution in [0.2, 0.25) is 0 Å². The van der Waals surface area contributed by atoms with Gasteiger partial charge in [0.15, 0.2) is 0 Å². The molecule has 1 atom stereocenters. The molecule has 0 aliphatic carbocycles. The minimum absolute atomic E-state index is 0.250. The van der Waals surface area contributed by atoms with Gasteiger partial charge in [0, 0.05) is 36.9 Å². The van der Waals surface area contributed by atoms with E-state index in [9.17, 15) is 4.79 Å². The molecule has 2 heterocycles. The van der Waals surface area contributed by atoms with E-state index in [1.165, 1.54) is 25.8 Å². The number of hydrogen-bond donors (Lipinski definition) is 1. The van der Waals surface area contributed by atoms with Crippen LogP contribution in [0.1, 0.15) is 32.1 Å². The summed E-state index contributed by atoms with van der Waals surface area (Å²) in [6, 6.07) is 8.92. The van der Waals surface area contributed by atoms with Crippen LogP contribution in [-0.2, 0) is 4.79 Å². The first-order chi connectivity index (χ1) is 10.2. The van der Waals surface area contributed by atoms with E-state index >= 15 is 0 Å². The number of rotatable bonds is 4. The molecule has 1 aromatic rings. The topological polar surface area (TPSA) is 35.6 Å². The summed E-state index contributed by atoms with van der Waals surface area (Å²) in [4.78, 5) is 16.1. The number of anilines is 2. The molecule has 2 aliphatic rings. The normalized spacial score (nSPS) is 23.6. The lowest BCUT2D eigenvalue weighted by Gasteiger charge is -2.32. The Labute approximate surface area is 127 Å². The lowest BCUT2D eigenvalue weighted by atomic mass is 10.0. The summed E-state index contributed by atoms with van der Waals surface area (Å²) in [5, 5.41) is 3.53. The van der Waals surface area contributed by atoms with Gasteiger partial charge in [-0.25, -0.2) is 0 Å². The molecule has 0 saturated carbocycles. The zero-order valence-corrected chi connectivity index (χ0v) is 12.8. The van der Waals surface area contributed by atoms with E-state index in [0.29, 0.717) is 12.5 Å². The molecule has 0 spiro atoms. The molecular formula is C17H25N3O. The van der Waals surface area contributed by atoms with Crippen molar-refractivity contribution in [3.8, 4) is 0 Å². The maximum absolute atomic E-state index is 11.7. The summed E-state index contributed by atoms with van der Waals surface area (Å²) in [6.45, 7) is 3.07. The van der Waals surface area contributed by atoms with E-state index in [0.717, 1.165) is 30.9 Å². The third kappa shape index (κ3) is 3.38. The van der Waals surface area contributed by atoms with Crippen LogP contribution in [0.25, 0.3) is 0 Å². The molecule has 3 rings (SSSR count). The minimum Gasteiger partial charge on any atom is -0.383 e. The zero-order chi connectivity index (χ0) is 14.7. The highest BCUT2D eigenvalue weighted by Gasteiger charge is 2.21. The van der Waals surface area contributed by atoms with Gasteiger partial charge in [0.05, 0.1) is 0 Å². The molecule has 21 heavy (non-hydrogen) atoms. The summed E-state index contributed by atoms with van der Waals surface area (Å²) in [5.41, 5.74) is 2.17. The van der Waals surface area contributed by atoms with Crippen molar-refractivity contribution in [3.05, 3.63) is 24.3 Å². The van der Waals surface area contributed by atoms with Gasteiger partial charge < -0.3 is 15.1 Å². The molecule has 2 saturated heterocycles. The van der Waals surface area contributed by atoms with Crippen LogP contribution in [0.3, 0.4) is 0 Å². The Bertz CT molecular complexity index is 485. The molecule has 1 amide bonds. The van der Waals surface area contributed by atoms with Crippen molar-refractivity contribution in [1.29, 1.82) is 0 Å². The van der Waals surface area contributed by atoms with E-state index in [1.807, 2.05) is 4.90 Å². The first-order valence-corrected chi connectivity index (χ1v) is 8.08. The quantitative estimate of drug-likeness (QED) is 0.925. The van der Waals surface area contributed by atoms with Crippen LogP contribution < -0.4 is 10.2 Å². The van der Waals surface area contributed by atoms with Crippen molar-refractivity contribution in [3.63, 3.8) is 0 Å². The molecule has 0 bridgehead atoms. The SMILES string of the molecule is CN1CCCCC1CNc1ccc(N2CCCC2=O)cc1. The molecular weight excluding hydrogens is 262 g/mol. The molecule has 1 aromatic carbocycles. The molecule has 114 valence electrons. The number of piperidine rings is 1. The summed E-state index contributed by atoms with van der Waals surface area (Å²) < 4.78 is 0. The van der Waals surface area contributed by atoms with Crippen molar-refractivity contribution >= 4 is 17.3 Å². The first-order valence-electron chi connectivity index (χ1n) is 8.08. The van der Waals surface area contributed by atoms with Gasteiger partial charge in [-0.15, -0.1) is 0 Å². The lowest BCUT2D eigenvalue weighted by molar-refractivity contribution is -0.117. The average molecular weight is 287 g/mol. The Morgan fingerprint density at radius 2 is 1.95 bits per heavy atom. The number of nitrogens with one attached hydrogen (secondary N) is 1. The second-order valence-electron chi connectivity index (χ2n) is 6.21. The van der Waals surface area contributed by atoms with Gasteiger partial charge in [0.25, 0.3) is 0 Å². The van der Waals surface area contributed by atoms with Crippen molar-refractivity contribution in [2.75, 3.05) is 36.9 Å². The van der Waals surface area contributed by atoms with Crippen molar-refractivity contribution in [2.45, 2.75) is 38.1 Å². The minimum atomic E-state index is 0.250. The fourth-order valence-electron chi connectivity index (χ4n) is 3.32. The summed E-state index contributed by atoms with van der Waals surface area (Å²) >= 11 is 0. The van der Waals surface area contributed by atoms with E-state index in [4.69, 9.17) is 0 Å². The second-order valence-corrected chi connectivity index (χ2v) is 6.21. The maximum atomic E-state index is 11.7. The second kappa shape index (κ2) is 6.48. The van der Waals surface area contributed by atoms with E-state index < -0.39 is 0 Å². The molecule has 1 unspecified atom stereocenters. The fourth-order valence-corrected chi connectivity index (χ4v) is 3.32. The molecule has 4 heteroatoms. The fraction of sp³-hybridized carbons (Fsp3) is 0.588. The van der Waals surface area contributed by atoms with Crippen molar-refractivity contribution < 1.29 is 4.79 Å². The smallest absolute Gasteiger partial charge is 0.227 e. The Morgan fingerprint density at radius 3 is 2.62 bits per heavy atom. The van der Waals surface area contributed by atoms with Crippen LogP contribution in [0.15, 0.2) is 24.3 Å². The molecule has 2 fully saturated rings. The highest BCUT2D eigenvalue weighted by Crippen LogP contribution is 2.23. The Morgan fingerprint density at radius 1 is 1.14 bits per heavy atom. The van der Waals surface area contributed by atoms with Gasteiger partial charge in [-0.3, -0.25) is 4.79 Å². The molecule has 4 nitrogen and oxygen atoms in total. The van der Waals surface area contributed by atoms with Crippen LogP contribution in [-0.4, -0.2) is 43.5 Å². The van der Waals surface area contributed by atoms with Gasteiger partial charge in [-0.2, -0.15) is 0 Å². The van der Waals surface area contributed by atoms with Gasteiger partial charge in [0.1, 0.15) is 0 Å². The number of nitrogens with zero attached hydrogens (tertiary/aromatic N) is 2. The monoisotopic (exact) mass is 287 g/mol. The number of carbonyl (C=O) groups is 1. The standard InChI is InChI=1S/C17H25N3O/c1-19-11-3-2-5-16(19)13-18-14-7-9-15(10-8-14)20-12-4-6-17(20)21/h7-10,16,18H,2-6,11-13H2,1H3. The summed E-state index contributed by atoms with van der Waals surface area (Å²) in [7, 11) is 2.22. The maximum Gasteiger partial charge on any atom is 0.227 e. The highest BCUT2D eigenvalue weighted by molar-refractivity contribution is 5.95. The zero-order valence-electron chi connectivity index (χ0n) is 12.8. The number of likely N-dealkylation sites (tertiary alicyclic amines) is 1. The number of hydrogen-bond acceptors (Lipinski definition) is 3. The number of benzene rings is 1. The Kier molecular flexibility index (Phi) is 4.44. The Hall–Kier alpha value is -1.55. The van der Waals surface area contributed by atoms with Gasteiger partial charge >= 0.3 is 0 Å². The van der Waals surface area contributed by atoms with E-state index in [2.05, 4.69) is 41.5 Å². The van der Waals surface area contributed by atoms with Crippen molar-refractivity contribution in [2.24, 2.45) is 0 Å². The third-order valence-corrected chi connectivity index (χ3v) is 4.72. The lowest BCUT2D eigenvalue weighted by Crippen LogP contribution is -2.40. The van der Waals surface area contributed by atoms with E-state index in [-0.39, 0.29) is 5.91 Å². The number of amides is 1. The molecule has 0 radical (unpaired) electrons. The molecule has 0 aromatic heterocycles. The molecule has 1 N–H and O–H groups in total. The molecule has 2 aliphatic heterocycles. The largest absolute Gasteiger partial charge is 0.383 e. The summed E-state index contributed by atoms with van der Waals surface area (Å²) in [6.07, 6.45) is 5.61. The predicted molar refractivity (Wildman–Crippen MR) is 86.8 cm³/mol. The number of likely N-dealkylation sites (N-methyl/N-ethyl adjacent to an activating group) is 1. The predicted octanol–water partition coefficient (Wildman–Crippen LogP) is 2.71. The van der Waals surface area contributed by atoms with Crippen molar-refractivity contribution in [1.82, 2.24) is 4.90 Å². The first kappa shape index (κ1) is 14.4. The van der Waals surface area contributed by atoms with Crippen LogP contribution >= 0.6 is 0 Å². The third-order valence-electron chi connectivity index (χ3n) is 4.72. The van der Waals surface area contributed by atoms with Crippen LogP contribution in [0.5, 0.6) is 0 Å². The summed E-state index contributed by atoms with van der Waals surface area (Å²) in [5.74, 6) is 0.250. The van der Waals surface area contributed by atoms with Gasteiger partial charge in [0.2, 0.25) is 5.91 Å². The van der Waals surface area contributed by atoms with E-state index in [1.54, 1.807) is 0 Å². The van der Waals surface area contributed by atoms with Crippen LogP contribution in [0.4, 0.5) is 11.4 Å². The number of carbonyl (C=O) groups excluding carboxylic acids is 1. The van der Waals surface area contributed by atoms with Crippen LogP contribution in [0, 0.1) is 0 Å². The average Bonchev–Trinajstić information content (AvgIpc) is 2.93.